The van der Waals surface area contributed by atoms with Crippen LogP contribution in [0, 0.1) is 5.92 Å². The van der Waals surface area contributed by atoms with Crippen molar-refractivity contribution in [3.05, 3.63) is 11.6 Å². The van der Waals surface area contributed by atoms with Crippen LogP contribution >= 0.6 is 0 Å². The summed E-state index contributed by atoms with van der Waals surface area (Å²) in [5.74, 6) is 0.630. The second-order valence-corrected chi connectivity index (χ2v) is 3.93. The van der Waals surface area contributed by atoms with Gasteiger partial charge in [0.25, 0.3) is 0 Å². The number of rotatable bonds is 6. The smallest absolute Gasteiger partial charge is 0.145 e. The van der Waals surface area contributed by atoms with Crippen LogP contribution in [0.5, 0.6) is 0 Å². The highest BCUT2D eigenvalue weighted by Crippen LogP contribution is 2.09. The third-order valence-electron chi connectivity index (χ3n) is 1.98. The predicted octanol–water partition coefficient (Wildman–Crippen LogP) is 2.32. The Morgan fingerprint density at radius 3 is 2.46 bits per heavy atom. The molecule has 2 heteroatoms. The minimum atomic E-state index is -0.294. The van der Waals surface area contributed by atoms with Crippen LogP contribution in [0.4, 0.5) is 0 Å². The summed E-state index contributed by atoms with van der Waals surface area (Å²) < 4.78 is 0. The molecule has 0 aromatic heterocycles. The first kappa shape index (κ1) is 12.4. The lowest BCUT2D eigenvalue weighted by atomic mass is 10.0. The molecule has 0 radical (unpaired) electrons. The normalized spacial score (nSPS) is 14.7. The van der Waals surface area contributed by atoms with Gasteiger partial charge in [-0.3, -0.25) is 4.79 Å². The lowest BCUT2D eigenvalue weighted by Crippen LogP contribution is -2.06. The third kappa shape index (κ3) is 7.72. The SMILES string of the molecule is CC(C=O)=CCC(O)CCC(C)C. The average molecular weight is 184 g/mol. The number of aldehydes is 1. The maximum atomic E-state index is 10.2. The molecule has 0 heterocycles. The Kier molecular flexibility index (Phi) is 6.51. The van der Waals surface area contributed by atoms with Crippen molar-refractivity contribution in [3.8, 4) is 0 Å². The zero-order chi connectivity index (χ0) is 10.3. The number of aliphatic hydroxyl groups excluding tert-OH is 1. The van der Waals surface area contributed by atoms with E-state index in [0.29, 0.717) is 17.9 Å². The maximum Gasteiger partial charge on any atom is 0.145 e. The van der Waals surface area contributed by atoms with Crippen molar-refractivity contribution >= 4 is 6.29 Å². The van der Waals surface area contributed by atoms with Gasteiger partial charge in [0.05, 0.1) is 6.10 Å². The fourth-order valence-electron chi connectivity index (χ4n) is 1.01. The van der Waals surface area contributed by atoms with Crippen molar-refractivity contribution in [2.75, 3.05) is 0 Å². The van der Waals surface area contributed by atoms with Gasteiger partial charge in [0.2, 0.25) is 0 Å². The Balaban J connectivity index is 3.62. The van der Waals surface area contributed by atoms with Gasteiger partial charge in [0.1, 0.15) is 6.29 Å². The molecule has 0 bridgehead atoms. The zero-order valence-electron chi connectivity index (χ0n) is 8.79. The van der Waals surface area contributed by atoms with E-state index in [1.807, 2.05) is 0 Å². The summed E-state index contributed by atoms with van der Waals surface area (Å²) in [4.78, 5) is 10.2. The molecule has 0 saturated carbocycles. The van der Waals surface area contributed by atoms with Crippen LogP contribution in [-0.4, -0.2) is 17.5 Å². The molecule has 0 aliphatic carbocycles. The number of carbonyl (C=O) groups excluding carboxylic acids is 1. The van der Waals surface area contributed by atoms with Crippen LogP contribution in [-0.2, 0) is 4.79 Å². The summed E-state index contributed by atoms with van der Waals surface area (Å²) in [6, 6.07) is 0. The maximum absolute atomic E-state index is 10.2. The van der Waals surface area contributed by atoms with E-state index in [1.54, 1.807) is 13.0 Å². The van der Waals surface area contributed by atoms with Gasteiger partial charge < -0.3 is 5.11 Å². The Bertz CT molecular complexity index is 171. The van der Waals surface area contributed by atoms with E-state index in [0.717, 1.165) is 19.1 Å². The van der Waals surface area contributed by atoms with Gasteiger partial charge in [0.15, 0.2) is 0 Å². The summed E-state index contributed by atoms with van der Waals surface area (Å²) >= 11 is 0. The van der Waals surface area contributed by atoms with Gasteiger partial charge in [-0.15, -0.1) is 0 Å². The van der Waals surface area contributed by atoms with Crippen LogP contribution in [0.25, 0.3) is 0 Å². The van der Waals surface area contributed by atoms with E-state index in [4.69, 9.17) is 0 Å². The minimum Gasteiger partial charge on any atom is -0.393 e. The molecule has 1 atom stereocenters. The molecule has 13 heavy (non-hydrogen) atoms. The summed E-state index contributed by atoms with van der Waals surface area (Å²) in [6.45, 7) is 6.03. The number of hydrogen-bond acceptors (Lipinski definition) is 2. The highest BCUT2D eigenvalue weighted by Gasteiger charge is 2.03. The summed E-state index contributed by atoms with van der Waals surface area (Å²) in [5.41, 5.74) is 0.698. The molecule has 2 nitrogen and oxygen atoms in total. The molecule has 0 fully saturated rings. The van der Waals surface area contributed by atoms with Gasteiger partial charge in [0, 0.05) is 0 Å². The Labute approximate surface area is 80.7 Å². The summed E-state index contributed by atoms with van der Waals surface area (Å²) in [7, 11) is 0. The fourth-order valence-corrected chi connectivity index (χ4v) is 1.01. The van der Waals surface area contributed by atoms with E-state index in [1.165, 1.54) is 0 Å². The van der Waals surface area contributed by atoms with Gasteiger partial charge in [-0.25, -0.2) is 0 Å². The lowest BCUT2D eigenvalue weighted by Gasteiger charge is -2.09. The highest BCUT2D eigenvalue weighted by molar-refractivity contribution is 5.71. The van der Waals surface area contributed by atoms with E-state index < -0.39 is 0 Å². The van der Waals surface area contributed by atoms with Crippen molar-refractivity contribution in [3.63, 3.8) is 0 Å². The number of hydrogen-bond donors (Lipinski definition) is 1. The van der Waals surface area contributed by atoms with Crippen molar-refractivity contribution in [1.82, 2.24) is 0 Å². The molecule has 0 saturated heterocycles. The summed E-state index contributed by atoms with van der Waals surface area (Å²) in [5, 5.41) is 9.48. The van der Waals surface area contributed by atoms with Crippen LogP contribution in [0.1, 0.15) is 40.0 Å². The van der Waals surface area contributed by atoms with Gasteiger partial charge in [-0.1, -0.05) is 19.9 Å². The van der Waals surface area contributed by atoms with Crippen molar-refractivity contribution in [1.29, 1.82) is 0 Å². The first-order valence-electron chi connectivity index (χ1n) is 4.86. The molecule has 76 valence electrons. The molecule has 1 unspecified atom stereocenters. The summed E-state index contributed by atoms with van der Waals surface area (Å²) in [6.07, 6.45) is 4.76. The van der Waals surface area contributed by atoms with Gasteiger partial charge in [-0.2, -0.15) is 0 Å². The topological polar surface area (TPSA) is 37.3 Å². The van der Waals surface area contributed by atoms with Crippen LogP contribution in [0.2, 0.25) is 0 Å². The second-order valence-electron chi connectivity index (χ2n) is 3.93. The van der Waals surface area contributed by atoms with Crippen molar-refractivity contribution in [2.24, 2.45) is 5.92 Å². The number of carbonyl (C=O) groups is 1. The van der Waals surface area contributed by atoms with Crippen molar-refractivity contribution < 1.29 is 9.90 Å². The standard InChI is InChI=1S/C11H20O2/c1-9(2)4-6-11(13)7-5-10(3)8-12/h5,8-9,11,13H,4,6-7H2,1-3H3. The zero-order valence-corrected chi connectivity index (χ0v) is 8.79. The monoisotopic (exact) mass is 184 g/mol. The highest BCUT2D eigenvalue weighted by atomic mass is 16.3. The molecular weight excluding hydrogens is 164 g/mol. The molecule has 0 aromatic carbocycles. The number of allylic oxidation sites excluding steroid dienone is 1. The largest absolute Gasteiger partial charge is 0.393 e. The minimum absolute atomic E-state index is 0.294. The Hall–Kier alpha value is -0.630. The molecule has 0 amide bonds. The lowest BCUT2D eigenvalue weighted by molar-refractivity contribution is -0.104. The second kappa shape index (κ2) is 6.84. The molecule has 1 N–H and O–H groups in total. The molecule has 0 aliphatic rings. The van der Waals surface area contributed by atoms with Gasteiger partial charge in [-0.05, 0) is 37.7 Å². The Morgan fingerprint density at radius 2 is 2.00 bits per heavy atom. The predicted molar refractivity (Wildman–Crippen MR) is 54.5 cm³/mol. The molecule has 0 spiro atoms. The van der Waals surface area contributed by atoms with E-state index >= 15 is 0 Å². The first-order chi connectivity index (χ1) is 6.06. The van der Waals surface area contributed by atoms with Crippen LogP contribution in [0.3, 0.4) is 0 Å². The van der Waals surface area contributed by atoms with Crippen LogP contribution in [0.15, 0.2) is 11.6 Å². The number of aliphatic hydroxyl groups is 1. The molecule has 0 aliphatic heterocycles. The average Bonchev–Trinajstić information content (AvgIpc) is 2.10. The van der Waals surface area contributed by atoms with E-state index in [9.17, 15) is 9.90 Å². The molecule has 0 aromatic rings. The fraction of sp³-hybridized carbons (Fsp3) is 0.727. The molecular formula is C11H20O2. The van der Waals surface area contributed by atoms with Gasteiger partial charge >= 0.3 is 0 Å². The Morgan fingerprint density at radius 1 is 1.38 bits per heavy atom. The van der Waals surface area contributed by atoms with E-state index in [2.05, 4.69) is 13.8 Å². The van der Waals surface area contributed by atoms with E-state index in [-0.39, 0.29) is 6.10 Å². The van der Waals surface area contributed by atoms with Crippen LogP contribution < -0.4 is 0 Å². The molecule has 0 rings (SSSR count). The third-order valence-corrected chi connectivity index (χ3v) is 1.98. The quantitative estimate of drug-likeness (QED) is 0.508. The van der Waals surface area contributed by atoms with Crippen molar-refractivity contribution in [2.45, 2.75) is 46.1 Å². The first-order valence-corrected chi connectivity index (χ1v) is 4.86.